The number of nitrogens with zero attached hydrogens (tertiary/aromatic N) is 3. The van der Waals surface area contributed by atoms with Crippen molar-refractivity contribution in [2.45, 2.75) is 17.0 Å². The summed E-state index contributed by atoms with van der Waals surface area (Å²) >= 11 is 1.46. The summed E-state index contributed by atoms with van der Waals surface area (Å²) in [6.07, 6.45) is 1.74. The van der Waals surface area contributed by atoms with E-state index in [0.717, 1.165) is 15.7 Å². The molecule has 2 heterocycles. The molecule has 4 heteroatoms. The van der Waals surface area contributed by atoms with Gasteiger partial charge in [0.25, 0.3) is 0 Å². The Kier molecular flexibility index (Phi) is 3.18. The van der Waals surface area contributed by atoms with Crippen LogP contribution >= 0.6 is 11.8 Å². The summed E-state index contributed by atoms with van der Waals surface area (Å²) in [4.78, 5) is 8.55. The number of hydrogen-bond donors (Lipinski definition) is 0. The van der Waals surface area contributed by atoms with E-state index in [2.05, 4.69) is 16.0 Å². The molecule has 0 aliphatic carbocycles. The van der Waals surface area contributed by atoms with Crippen LogP contribution in [0, 0.1) is 18.3 Å². The lowest BCUT2D eigenvalue weighted by atomic mass is 10.2. The fraction of sp³-hybridized carbons (Fsp3) is 0.0833. The highest BCUT2D eigenvalue weighted by molar-refractivity contribution is 7.99. The van der Waals surface area contributed by atoms with Gasteiger partial charge in [0, 0.05) is 11.9 Å². The molecule has 2 aromatic heterocycles. The Morgan fingerprint density at radius 2 is 2.12 bits per heavy atom. The van der Waals surface area contributed by atoms with Gasteiger partial charge in [-0.25, -0.2) is 9.97 Å². The van der Waals surface area contributed by atoms with Crippen LogP contribution in [0.15, 0.2) is 46.6 Å². The quantitative estimate of drug-likeness (QED) is 0.791. The van der Waals surface area contributed by atoms with Crippen molar-refractivity contribution in [2.75, 3.05) is 0 Å². The summed E-state index contributed by atoms with van der Waals surface area (Å²) in [5, 5.41) is 10.5. The second-order valence-electron chi connectivity index (χ2n) is 3.22. The second kappa shape index (κ2) is 4.77. The van der Waals surface area contributed by atoms with Gasteiger partial charge in [-0.3, -0.25) is 0 Å². The van der Waals surface area contributed by atoms with Crippen LogP contribution in [0.2, 0.25) is 0 Å². The number of nitriles is 1. The molecule has 0 aromatic carbocycles. The van der Waals surface area contributed by atoms with E-state index in [0.29, 0.717) is 5.56 Å². The maximum absolute atomic E-state index is 8.85. The van der Waals surface area contributed by atoms with Crippen molar-refractivity contribution in [3.63, 3.8) is 0 Å². The molecule has 0 radical (unpaired) electrons. The van der Waals surface area contributed by atoms with Crippen LogP contribution in [0.1, 0.15) is 11.3 Å². The number of rotatable bonds is 2. The van der Waals surface area contributed by atoms with Crippen molar-refractivity contribution >= 4 is 11.8 Å². The zero-order valence-electron chi connectivity index (χ0n) is 8.71. The Labute approximate surface area is 98.2 Å². The molecular formula is C12H9N3S. The van der Waals surface area contributed by atoms with Gasteiger partial charge in [0.15, 0.2) is 0 Å². The molecule has 3 nitrogen and oxygen atoms in total. The molecule has 2 rings (SSSR count). The van der Waals surface area contributed by atoms with Crippen molar-refractivity contribution in [2.24, 2.45) is 0 Å². The maximum atomic E-state index is 8.85. The van der Waals surface area contributed by atoms with Gasteiger partial charge in [-0.15, -0.1) is 0 Å². The van der Waals surface area contributed by atoms with Crippen LogP contribution < -0.4 is 0 Å². The molecule has 0 spiro atoms. The average Bonchev–Trinajstić information content (AvgIpc) is 2.29. The van der Waals surface area contributed by atoms with Gasteiger partial charge in [-0.2, -0.15) is 5.26 Å². The highest BCUT2D eigenvalue weighted by atomic mass is 32.2. The Bertz CT molecular complexity index is 532. The molecule has 0 fully saturated rings. The SMILES string of the molecule is Cc1cc(C#N)cc(Sc2ccccn2)n1. The van der Waals surface area contributed by atoms with E-state index in [4.69, 9.17) is 5.26 Å². The minimum atomic E-state index is 0.630. The van der Waals surface area contributed by atoms with Gasteiger partial charge in [-0.1, -0.05) is 17.8 Å². The zero-order valence-corrected chi connectivity index (χ0v) is 9.53. The summed E-state index contributed by atoms with van der Waals surface area (Å²) < 4.78 is 0. The first-order chi connectivity index (χ1) is 7.78. The van der Waals surface area contributed by atoms with Crippen molar-refractivity contribution in [3.8, 4) is 6.07 Å². The van der Waals surface area contributed by atoms with Crippen LogP contribution in [-0.2, 0) is 0 Å². The van der Waals surface area contributed by atoms with Gasteiger partial charge in [0.05, 0.1) is 11.6 Å². The standard InChI is InChI=1S/C12H9N3S/c1-9-6-10(8-13)7-12(15-9)16-11-4-2-3-5-14-11/h2-7H,1H3. The van der Waals surface area contributed by atoms with E-state index in [9.17, 15) is 0 Å². The second-order valence-corrected chi connectivity index (χ2v) is 4.26. The normalized spacial score (nSPS) is 9.75. The van der Waals surface area contributed by atoms with Crippen LogP contribution in [0.3, 0.4) is 0 Å². The molecule has 0 unspecified atom stereocenters. The smallest absolute Gasteiger partial charge is 0.104 e. The molecule has 0 N–H and O–H groups in total. The van der Waals surface area contributed by atoms with Crippen LogP contribution in [0.5, 0.6) is 0 Å². The number of hydrogen-bond acceptors (Lipinski definition) is 4. The monoisotopic (exact) mass is 227 g/mol. The number of aryl methyl sites for hydroxylation is 1. The summed E-state index contributed by atoms with van der Waals surface area (Å²) in [6.45, 7) is 1.88. The van der Waals surface area contributed by atoms with Crippen LogP contribution in [-0.4, -0.2) is 9.97 Å². The highest BCUT2D eigenvalue weighted by Crippen LogP contribution is 2.24. The molecule has 78 valence electrons. The van der Waals surface area contributed by atoms with Crippen LogP contribution in [0.25, 0.3) is 0 Å². The Balaban J connectivity index is 2.29. The van der Waals surface area contributed by atoms with E-state index in [1.165, 1.54) is 11.8 Å². The summed E-state index contributed by atoms with van der Waals surface area (Å²) in [6, 6.07) is 11.4. The lowest BCUT2D eigenvalue weighted by Crippen LogP contribution is -1.88. The first-order valence-electron chi connectivity index (χ1n) is 4.75. The Hall–Kier alpha value is -1.86. The van der Waals surface area contributed by atoms with Crippen molar-refractivity contribution in [3.05, 3.63) is 47.8 Å². The molecule has 0 saturated carbocycles. The van der Waals surface area contributed by atoms with Crippen molar-refractivity contribution < 1.29 is 0 Å². The average molecular weight is 227 g/mol. The molecular weight excluding hydrogens is 218 g/mol. The first kappa shape index (κ1) is 10.7. The van der Waals surface area contributed by atoms with E-state index in [1.807, 2.05) is 25.1 Å². The minimum absolute atomic E-state index is 0.630. The summed E-state index contributed by atoms with van der Waals surface area (Å²) in [7, 11) is 0. The summed E-state index contributed by atoms with van der Waals surface area (Å²) in [5.74, 6) is 0. The molecule has 16 heavy (non-hydrogen) atoms. The Morgan fingerprint density at radius 3 is 2.81 bits per heavy atom. The third-order valence-electron chi connectivity index (χ3n) is 1.91. The predicted octanol–water partition coefficient (Wildman–Crippen LogP) is 2.81. The van der Waals surface area contributed by atoms with E-state index in [1.54, 1.807) is 18.3 Å². The van der Waals surface area contributed by atoms with Crippen LogP contribution in [0.4, 0.5) is 0 Å². The molecule has 0 saturated heterocycles. The minimum Gasteiger partial charge on any atom is -0.250 e. The van der Waals surface area contributed by atoms with E-state index in [-0.39, 0.29) is 0 Å². The third kappa shape index (κ3) is 2.59. The zero-order chi connectivity index (χ0) is 11.4. The Morgan fingerprint density at radius 1 is 1.25 bits per heavy atom. The van der Waals surface area contributed by atoms with Crippen molar-refractivity contribution in [1.82, 2.24) is 9.97 Å². The summed E-state index contributed by atoms with van der Waals surface area (Å²) in [5.41, 5.74) is 1.48. The topological polar surface area (TPSA) is 49.6 Å². The molecule has 0 amide bonds. The fourth-order valence-electron chi connectivity index (χ4n) is 1.27. The van der Waals surface area contributed by atoms with Gasteiger partial charge < -0.3 is 0 Å². The van der Waals surface area contributed by atoms with E-state index < -0.39 is 0 Å². The lowest BCUT2D eigenvalue weighted by molar-refractivity contribution is 1.04. The number of pyridine rings is 2. The largest absolute Gasteiger partial charge is 0.250 e. The molecule has 0 bridgehead atoms. The van der Waals surface area contributed by atoms with Gasteiger partial charge in [0.1, 0.15) is 10.1 Å². The molecule has 2 aromatic rings. The first-order valence-corrected chi connectivity index (χ1v) is 5.57. The lowest BCUT2D eigenvalue weighted by Gasteiger charge is -2.01. The van der Waals surface area contributed by atoms with Gasteiger partial charge in [-0.05, 0) is 31.2 Å². The molecule has 0 aliphatic heterocycles. The molecule has 0 atom stereocenters. The predicted molar refractivity (Wildman–Crippen MR) is 62.0 cm³/mol. The van der Waals surface area contributed by atoms with Crippen molar-refractivity contribution in [1.29, 1.82) is 5.26 Å². The van der Waals surface area contributed by atoms with Gasteiger partial charge in [0.2, 0.25) is 0 Å². The highest BCUT2D eigenvalue weighted by Gasteiger charge is 2.02. The molecule has 0 aliphatic rings. The fourth-order valence-corrected chi connectivity index (χ4v) is 2.12. The maximum Gasteiger partial charge on any atom is 0.104 e. The third-order valence-corrected chi connectivity index (χ3v) is 2.77. The number of aromatic nitrogens is 2. The van der Waals surface area contributed by atoms with E-state index >= 15 is 0 Å². The van der Waals surface area contributed by atoms with Gasteiger partial charge >= 0.3 is 0 Å².